The van der Waals surface area contributed by atoms with Crippen molar-refractivity contribution in [2.45, 2.75) is 13.8 Å². The summed E-state index contributed by atoms with van der Waals surface area (Å²) in [5.41, 5.74) is 2.78. The molecule has 0 aliphatic rings. The number of rotatable bonds is 2. The zero-order chi connectivity index (χ0) is 11.5. The minimum absolute atomic E-state index is 0.730. The standard InChI is InChI=1S/C11H13N5/c1-7-10(9-4-13-6-14-5-9)15-8(2)16-11(7)12-3/h4-6H,1-3H3,(H,12,15,16). The number of hydrogen-bond acceptors (Lipinski definition) is 5. The van der Waals surface area contributed by atoms with E-state index in [1.807, 2.05) is 20.9 Å². The van der Waals surface area contributed by atoms with Crippen LogP contribution in [0.25, 0.3) is 11.3 Å². The van der Waals surface area contributed by atoms with Crippen LogP contribution in [0.1, 0.15) is 11.4 Å². The summed E-state index contributed by atoms with van der Waals surface area (Å²) in [5, 5.41) is 3.05. The highest BCUT2D eigenvalue weighted by Gasteiger charge is 2.10. The summed E-state index contributed by atoms with van der Waals surface area (Å²) in [5.74, 6) is 1.57. The minimum atomic E-state index is 0.730. The molecule has 0 bridgehead atoms. The molecule has 0 aliphatic carbocycles. The van der Waals surface area contributed by atoms with Gasteiger partial charge < -0.3 is 5.32 Å². The molecule has 0 saturated heterocycles. The molecule has 0 fully saturated rings. The molecule has 82 valence electrons. The smallest absolute Gasteiger partial charge is 0.132 e. The lowest BCUT2D eigenvalue weighted by atomic mass is 10.1. The van der Waals surface area contributed by atoms with E-state index in [4.69, 9.17) is 0 Å². The Morgan fingerprint density at radius 3 is 2.38 bits per heavy atom. The molecule has 2 heterocycles. The molecule has 0 saturated carbocycles. The molecule has 2 aromatic rings. The second kappa shape index (κ2) is 4.22. The molecule has 5 heteroatoms. The van der Waals surface area contributed by atoms with Crippen molar-refractivity contribution in [3.63, 3.8) is 0 Å². The van der Waals surface area contributed by atoms with E-state index in [1.165, 1.54) is 6.33 Å². The predicted octanol–water partition coefficient (Wildman–Crippen LogP) is 1.59. The molecular formula is C11H13N5. The maximum Gasteiger partial charge on any atom is 0.132 e. The molecule has 0 aliphatic heterocycles. The molecule has 0 radical (unpaired) electrons. The number of aryl methyl sites for hydroxylation is 1. The summed E-state index contributed by atoms with van der Waals surface area (Å²) in [6.45, 7) is 3.85. The van der Waals surface area contributed by atoms with Crippen LogP contribution in [-0.4, -0.2) is 27.0 Å². The SMILES string of the molecule is CNc1nc(C)nc(-c2cncnc2)c1C. The number of anilines is 1. The van der Waals surface area contributed by atoms with Crippen molar-refractivity contribution in [2.24, 2.45) is 0 Å². The van der Waals surface area contributed by atoms with Crippen LogP contribution in [0.5, 0.6) is 0 Å². The zero-order valence-electron chi connectivity index (χ0n) is 9.52. The van der Waals surface area contributed by atoms with Crippen molar-refractivity contribution in [1.29, 1.82) is 0 Å². The minimum Gasteiger partial charge on any atom is -0.373 e. The van der Waals surface area contributed by atoms with Crippen LogP contribution >= 0.6 is 0 Å². The van der Waals surface area contributed by atoms with E-state index in [1.54, 1.807) is 12.4 Å². The fraction of sp³-hybridized carbons (Fsp3) is 0.273. The number of nitrogens with one attached hydrogen (secondary N) is 1. The molecule has 16 heavy (non-hydrogen) atoms. The summed E-state index contributed by atoms with van der Waals surface area (Å²) in [7, 11) is 1.85. The van der Waals surface area contributed by atoms with Crippen LogP contribution in [0.4, 0.5) is 5.82 Å². The summed E-state index contributed by atoms with van der Waals surface area (Å²) >= 11 is 0. The summed E-state index contributed by atoms with van der Waals surface area (Å²) in [4.78, 5) is 16.7. The van der Waals surface area contributed by atoms with E-state index in [2.05, 4.69) is 25.3 Å². The van der Waals surface area contributed by atoms with Crippen LogP contribution in [0, 0.1) is 13.8 Å². The third kappa shape index (κ3) is 1.84. The van der Waals surface area contributed by atoms with E-state index in [-0.39, 0.29) is 0 Å². The average Bonchev–Trinajstić information content (AvgIpc) is 2.33. The van der Waals surface area contributed by atoms with Crippen molar-refractivity contribution >= 4 is 5.82 Å². The van der Waals surface area contributed by atoms with Gasteiger partial charge in [0.25, 0.3) is 0 Å². The highest BCUT2D eigenvalue weighted by atomic mass is 15.0. The lowest BCUT2D eigenvalue weighted by molar-refractivity contribution is 1.03. The number of hydrogen-bond donors (Lipinski definition) is 1. The monoisotopic (exact) mass is 215 g/mol. The second-order valence-electron chi connectivity index (χ2n) is 3.47. The van der Waals surface area contributed by atoms with Crippen molar-refractivity contribution < 1.29 is 0 Å². The highest BCUT2D eigenvalue weighted by molar-refractivity contribution is 5.66. The molecule has 2 rings (SSSR count). The quantitative estimate of drug-likeness (QED) is 0.824. The van der Waals surface area contributed by atoms with Crippen LogP contribution in [0.2, 0.25) is 0 Å². The molecule has 5 nitrogen and oxygen atoms in total. The third-order valence-electron chi connectivity index (χ3n) is 2.33. The van der Waals surface area contributed by atoms with Gasteiger partial charge in [-0.05, 0) is 13.8 Å². The molecular weight excluding hydrogens is 202 g/mol. The lowest BCUT2D eigenvalue weighted by Crippen LogP contribution is -2.02. The van der Waals surface area contributed by atoms with Gasteiger partial charge >= 0.3 is 0 Å². The third-order valence-corrected chi connectivity index (χ3v) is 2.33. The summed E-state index contributed by atoms with van der Waals surface area (Å²) in [6.07, 6.45) is 5.01. The first-order chi connectivity index (χ1) is 7.72. The molecule has 0 atom stereocenters. The van der Waals surface area contributed by atoms with E-state index >= 15 is 0 Å². The van der Waals surface area contributed by atoms with Crippen molar-refractivity contribution in [2.75, 3.05) is 12.4 Å². The molecule has 0 aromatic carbocycles. The number of aromatic nitrogens is 4. The van der Waals surface area contributed by atoms with Gasteiger partial charge in [-0.2, -0.15) is 0 Å². The maximum absolute atomic E-state index is 4.42. The Bertz CT molecular complexity index is 495. The Morgan fingerprint density at radius 2 is 1.75 bits per heavy atom. The van der Waals surface area contributed by atoms with E-state index < -0.39 is 0 Å². The molecule has 0 spiro atoms. The van der Waals surface area contributed by atoms with Gasteiger partial charge in [-0.15, -0.1) is 0 Å². The second-order valence-corrected chi connectivity index (χ2v) is 3.47. The fourth-order valence-corrected chi connectivity index (χ4v) is 1.57. The normalized spacial score (nSPS) is 10.2. The van der Waals surface area contributed by atoms with Crippen molar-refractivity contribution in [3.05, 3.63) is 30.1 Å². The van der Waals surface area contributed by atoms with Gasteiger partial charge in [-0.25, -0.2) is 19.9 Å². The maximum atomic E-state index is 4.42. The van der Waals surface area contributed by atoms with Gasteiger partial charge in [-0.1, -0.05) is 0 Å². The van der Waals surface area contributed by atoms with Gasteiger partial charge in [0, 0.05) is 30.6 Å². The van der Waals surface area contributed by atoms with Gasteiger partial charge in [0.15, 0.2) is 0 Å². The summed E-state index contributed by atoms with van der Waals surface area (Å²) < 4.78 is 0. The van der Waals surface area contributed by atoms with Gasteiger partial charge in [0.2, 0.25) is 0 Å². The Balaban J connectivity index is 2.61. The first-order valence-electron chi connectivity index (χ1n) is 5.00. The highest BCUT2D eigenvalue weighted by Crippen LogP contribution is 2.23. The Hall–Kier alpha value is -2.04. The predicted molar refractivity (Wildman–Crippen MR) is 62.1 cm³/mol. The lowest BCUT2D eigenvalue weighted by Gasteiger charge is -2.10. The molecule has 0 unspecified atom stereocenters. The van der Waals surface area contributed by atoms with Crippen molar-refractivity contribution in [1.82, 2.24) is 19.9 Å². The van der Waals surface area contributed by atoms with E-state index in [0.717, 1.165) is 28.5 Å². The van der Waals surface area contributed by atoms with E-state index in [0.29, 0.717) is 0 Å². The topological polar surface area (TPSA) is 63.6 Å². The summed E-state index contributed by atoms with van der Waals surface area (Å²) in [6, 6.07) is 0. The Labute approximate surface area is 94.0 Å². The van der Waals surface area contributed by atoms with Gasteiger partial charge in [-0.3, -0.25) is 0 Å². The Kier molecular flexibility index (Phi) is 2.76. The first kappa shape index (κ1) is 10.5. The largest absolute Gasteiger partial charge is 0.373 e. The van der Waals surface area contributed by atoms with Crippen LogP contribution in [0.3, 0.4) is 0 Å². The fourth-order valence-electron chi connectivity index (χ4n) is 1.57. The van der Waals surface area contributed by atoms with Crippen molar-refractivity contribution in [3.8, 4) is 11.3 Å². The van der Waals surface area contributed by atoms with Gasteiger partial charge in [0.1, 0.15) is 18.0 Å². The molecule has 0 amide bonds. The Morgan fingerprint density at radius 1 is 1.06 bits per heavy atom. The zero-order valence-corrected chi connectivity index (χ0v) is 9.52. The van der Waals surface area contributed by atoms with Crippen LogP contribution in [0.15, 0.2) is 18.7 Å². The molecule has 2 aromatic heterocycles. The van der Waals surface area contributed by atoms with Crippen LogP contribution < -0.4 is 5.32 Å². The first-order valence-corrected chi connectivity index (χ1v) is 5.00. The average molecular weight is 215 g/mol. The van der Waals surface area contributed by atoms with Gasteiger partial charge in [0.05, 0.1) is 5.69 Å². The molecule has 1 N–H and O–H groups in total. The van der Waals surface area contributed by atoms with Crippen LogP contribution in [-0.2, 0) is 0 Å². The van der Waals surface area contributed by atoms with E-state index in [9.17, 15) is 0 Å². The number of nitrogens with zero attached hydrogens (tertiary/aromatic N) is 4.